The Morgan fingerprint density at radius 1 is 1.26 bits per heavy atom. The molecule has 1 aromatic heterocycles. The van der Waals surface area contributed by atoms with Crippen LogP contribution in [0.4, 0.5) is 4.79 Å². The zero-order valence-electron chi connectivity index (χ0n) is 21.4. The van der Waals surface area contributed by atoms with Gasteiger partial charge in [0.05, 0.1) is 13.7 Å². The molecule has 0 spiro atoms. The lowest BCUT2D eigenvalue weighted by Gasteiger charge is -2.29. The number of nitrogens with one attached hydrogen (secondary N) is 1. The highest BCUT2D eigenvalue weighted by Gasteiger charge is 2.61. The van der Waals surface area contributed by atoms with Crippen molar-refractivity contribution in [2.75, 3.05) is 27.2 Å². The molecular weight excluding hydrogens is 512 g/mol. The van der Waals surface area contributed by atoms with Crippen LogP contribution < -0.4 is 14.8 Å². The number of nitrogens with zero attached hydrogens (tertiary/aromatic N) is 3. The zero-order chi connectivity index (χ0) is 27.0. The molecular formula is C27H31ClN4O6. The number of aliphatic carboxylic acids is 1. The minimum atomic E-state index is -1.35. The van der Waals surface area contributed by atoms with Crippen LogP contribution >= 0.6 is 11.6 Å². The van der Waals surface area contributed by atoms with Crippen LogP contribution in [0.2, 0.25) is 5.15 Å². The smallest absolute Gasteiger partial charge is 0.330 e. The number of urea groups is 1. The van der Waals surface area contributed by atoms with Crippen LogP contribution in [0.5, 0.6) is 11.6 Å². The van der Waals surface area contributed by atoms with Crippen LogP contribution in [0.1, 0.15) is 32.1 Å². The molecule has 1 saturated heterocycles. The summed E-state index contributed by atoms with van der Waals surface area (Å²) in [5, 5.41) is 14.4. The average Bonchev–Trinajstić information content (AvgIpc) is 3.42. The van der Waals surface area contributed by atoms with Crippen LogP contribution in [0.3, 0.4) is 0 Å². The van der Waals surface area contributed by atoms with E-state index >= 15 is 0 Å². The third-order valence-corrected chi connectivity index (χ3v) is 7.81. The summed E-state index contributed by atoms with van der Waals surface area (Å²) in [4.78, 5) is 46.5. The molecule has 2 aliphatic heterocycles. The van der Waals surface area contributed by atoms with E-state index in [4.69, 9.17) is 21.1 Å². The average molecular weight is 543 g/mol. The molecule has 1 saturated carbocycles. The number of carboxylic acids is 1. The van der Waals surface area contributed by atoms with Gasteiger partial charge in [-0.05, 0) is 55.3 Å². The summed E-state index contributed by atoms with van der Waals surface area (Å²) in [6, 6.07) is 5.96. The molecule has 10 nitrogen and oxygen atoms in total. The molecule has 1 aromatic carbocycles. The monoisotopic (exact) mass is 542 g/mol. The molecule has 0 bridgehead atoms. The van der Waals surface area contributed by atoms with Gasteiger partial charge in [0.1, 0.15) is 28.6 Å². The molecule has 2 aromatic rings. The maximum atomic E-state index is 13.5. The molecule has 11 heteroatoms. The van der Waals surface area contributed by atoms with Gasteiger partial charge in [-0.3, -0.25) is 4.79 Å². The van der Waals surface area contributed by atoms with Crippen LogP contribution in [-0.2, 0) is 9.59 Å². The minimum Gasteiger partial charge on any atom is -0.497 e. The number of rotatable bonds is 4. The first-order chi connectivity index (χ1) is 18.2. The number of allylic oxidation sites excluding steroid dienone is 1. The first kappa shape index (κ1) is 26.1. The lowest BCUT2D eigenvalue weighted by atomic mass is 10.1. The second-order valence-electron chi connectivity index (χ2n) is 10.2. The number of ether oxygens (including phenoxy) is 2. The molecule has 3 aliphatic rings. The van der Waals surface area contributed by atoms with Crippen molar-refractivity contribution >= 4 is 40.3 Å². The number of aromatic nitrogens is 1. The molecule has 2 N–H and O–H groups in total. The quantitative estimate of drug-likeness (QED) is 0.448. The van der Waals surface area contributed by atoms with Crippen molar-refractivity contribution in [1.82, 2.24) is 20.1 Å². The number of methoxy groups -OCH3 is 1. The third kappa shape index (κ3) is 4.97. The molecule has 202 valence electrons. The van der Waals surface area contributed by atoms with Gasteiger partial charge in [-0.1, -0.05) is 23.8 Å². The summed E-state index contributed by atoms with van der Waals surface area (Å²) in [5.74, 6) is -0.888. The summed E-state index contributed by atoms with van der Waals surface area (Å²) in [5.41, 5.74) is -1.35. The number of pyridine rings is 1. The van der Waals surface area contributed by atoms with E-state index in [9.17, 15) is 19.5 Å². The largest absolute Gasteiger partial charge is 0.497 e. The van der Waals surface area contributed by atoms with E-state index in [2.05, 4.69) is 10.3 Å². The maximum Gasteiger partial charge on any atom is 0.330 e. The zero-order valence-corrected chi connectivity index (χ0v) is 22.1. The number of halogens is 1. The summed E-state index contributed by atoms with van der Waals surface area (Å²) in [6.45, 7) is 0.699. The normalized spacial score (nSPS) is 28.7. The van der Waals surface area contributed by atoms with E-state index in [0.29, 0.717) is 30.0 Å². The lowest BCUT2D eigenvalue weighted by Crippen LogP contribution is -2.54. The third-order valence-electron chi connectivity index (χ3n) is 7.61. The van der Waals surface area contributed by atoms with Crippen LogP contribution in [-0.4, -0.2) is 82.7 Å². The van der Waals surface area contributed by atoms with Gasteiger partial charge in [-0.25, -0.2) is 14.6 Å². The highest BCUT2D eigenvalue weighted by molar-refractivity contribution is 6.30. The number of carbonyl (C=O) groups is 3. The van der Waals surface area contributed by atoms with Crippen molar-refractivity contribution in [1.29, 1.82) is 0 Å². The Hall–Kier alpha value is -3.53. The number of benzene rings is 1. The summed E-state index contributed by atoms with van der Waals surface area (Å²) in [6.07, 6.45) is 6.29. The fraction of sp³-hybridized carbons (Fsp3) is 0.481. The Bertz CT molecular complexity index is 1300. The predicted octanol–water partition coefficient (Wildman–Crippen LogP) is 3.47. The Kier molecular flexibility index (Phi) is 7.09. The first-order valence-corrected chi connectivity index (χ1v) is 13.1. The van der Waals surface area contributed by atoms with E-state index in [1.54, 1.807) is 31.2 Å². The van der Waals surface area contributed by atoms with Crippen LogP contribution in [0, 0.1) is 5.92 Å². The van der Waals surface area contributed by atoms with Gasteiger partial charge in [0, 0.05) is 31.3 Å². The fourth-order valence-corrected chi connectivity index (χ4v) is 5.54. The number of hydrogen-bond donors (Lipinski definition) is 2. The van der Waals surface area contributed by atoms with Crippen molar-refractivity contribution in [3.8, 4) is 11.6 Å². The summed E-state index contributed by atoms with van der Waals surface area (Å²) < 4.78 is 11.6. The van der Waals surface area contributed by atoms with Gasteiger partial charge in [0.25, 0.3) is 0 Å². The minimum absolute atomic E-state index is 0.149. The van der Waals surface area contributed by atoms with Gasteiger partial charge in [0.15, 0.2) is 0 Å². The van der Waals surface area contributed by atoms with E-state index in [1.807, 2.05) is 24.3 Å². The van der Waals surface area contributed by atoms with Gasteiger partial charge >= 0.3 is 12.0 Å². The van der Waals surface area contributed by atoms with Crippen molar-refractivity contribution < 1.29 is 29.0 Å². The van der Waals surface area contributed by atoms with Crippen molar-refractivity contribution in [2.24, 2.45) is 5.92 Å². The lowest BCUT2D eigenvalue weighted by molar-refractivity contribution is -0.144. The summed E-state index contributed by atoms with van der Waals surface area (Å²) in [7, 11) is 3.29. The Morgan fingerprint density at radius 3 is 2.84 bits per heavy atom. The van der Waals surface area contributed by atoms with Gasteiger partial charge in [-0.2, -0.15) is 0 Å². The molecule has 4 atom stereocenters. The van der Waals surface area contributed by atoms with Gasteiger partial charge in [0.2, 0.25) is 11.8 Å². The molecule has 3 heterocycles. The molecule has 38 heavy (non-hydrogen) atoms. The van der Waals surface area contributed by atoms with Crippen LogP contribution in [0.25, 0.3) is 10.8 Å². The molecule has 0 unspecified atom stereocenters. The number of amides is 3. The predicted molar refractivity (Wildman–Crippen MR) is 140 cm³/mol. The van der Waals surface area contributed by atoms with Crippen LogP contribution in [0.15, 0.2) is 36.4 Å². The SMILES string of the molecule is COc1ccc2c(O[C@@H]3C[C@H]4C(=O)N[C@]5(C(=O)O)C[C@H]5/C=C\CCCCN(C)C(=O)N4C3)nc(Cl)cc2c1. The van der Waals surface area contributed by atoms with Crippen molar-refractivity contribution in [3.63, 3.8) is 0 Å². The highest BCUT2D eigenvalue weighted by atomic mass is 35.5. The summed E-state index contributed by atoms with van der Waals surface area (Å²) >= 11 is 6.27. The fourth-order valence-electron chi connectivity index (χ4n) is 5.34. The second kappa shape index (κ2) is 10.3. The Morgan fingerprint density at radius 2 is 2.08 bits per heavy atom. The number of carbonyl (C=O) groups excluding carboxylic acids is 2. The van der Waals surface area contributed by atoms with E-state index in [1.165, 1.54) is 4.90 Å². The molecule has 2 fully saturated rings. The standard InChI is InChI=1S/C27H31ClN4O6/c1-31-10-6-4-3-5-7-17-14-27(17,25(34)35)30-23(33)21-13-19(15-32(21)26(31)36)38-24-20-9-8-18(37-2)11-16(20)12-22(28)29-24/h5,7-9,11-12,17,19,21H,3-4,6,10,13-15H2,1-2H3,(H,30,33)(H,34,35)/b7-5-/t17-,19-,21+,27-/m1/s1. The molecule has 0 radical (unpaired) electrons. The number of fused-ring (bicyclic) bond motifs is 3. The molecule has 3 amide bonds. The number of hydrogen-bond acceptors (Lipinski definition) is 6. The van der Waals surface area contributed by atoms with Crippen molar-refractivity contribution in [3.05, 3.63) is 41.6 Å². The van der Waals surface area contributed by atoms with E-state index in [0.717, 1.165) is 24.6 Å². The highest BCUT2D eigenvalue weighted by Crippen LogP contribution is 2.45. The van der Waals surface area contributed by atoms with Gasteiger partial charge < -0.3 is 29.7 Å². The Labute approximate surface area is 225 Å². The Balaban J connectivity index is 1.43. The molecule has 1 aliphatic carbocycles. The number of carboxylic acid groups (broad SMARTS) is 1. The van der Waals surface area contributed by atoms with Gasteiger partial charge in [-0.15, -0.1) is 0 Å². The topological polar surface area (TPSA) is 121 Å². The first-order valence-electron chi connectivity index (χ1n) is 12.8. The molecule has 5 rings (SSSR count). The second-order valence-corrected chi connectivity index (χ2v) is 10.6. The van der Waals surface area contributed by atoms with E-state index in [-0.39, 0.29) is 30.1 Å². The van der Waals surface area contributed by atoms with E-state index < -0.39 is 29.6 Å². The van der Waals surface area contributed by atoms with Crippen molar-refractivity contribution in [2.45, 2.75) is 49.8 Å². The maximum absolute atomic E-state index is 13.5.